The van der Waals surface area contributed by atoms with Crippen LogP contribution in [-0.2, 0) is 16.2 Å². The largest absolute Gasteiger partial charge is 0.417 e. The maximum Gasteiger partial charge on any atom is 0.417 e. The second-order valence-electron chi connectivity index (χ2n) is 6.24. The summed E-state index contributed by atoms with van der Waals surface area (Å²) in [5.74, 6) is 0. The lowest BCUT2D eigenvalue weighted by atomic mass is 10.0. The molecule has 2 aromatic rings. The lowest BCUT2D eigenvalue weighted by Crippen LogP contribution is -2.35. The monoisotopic (exact) mass is 386 g/mol. The minimum Gasteiger partial charge on any atom is -0.301 e. The fourth-order valence-corrected chi connectivity index (χ4v) is 3.85. The molecule has 0 saturated heterocycles. The highest BCUT2D eigenvalue weighted by Gasteiger charge is 2.37. The summed E-state index contributed by atoms with van der Waals surface area (Å²) in [6.07, 6.45) is -4.75. The van der Waals surface area contributed by atoms with Gasteiger partial charge in [-0.05, 0) is 38.7 Å². The van der Waals surface area contributed by atoms with Crippen molar-refractivity contribution in [2.24, 2.45) is 0 Å². The van der Waals surface area contributed by atoms with Crippen LogP contribution in [0.2, 0.25) is 0 Å². The summed E-state index contributed by atoms with van der Waals surface area (Å²) < 4.78 is 66.6. The maximum atomic E-state index is 13.1. The number of sulfonamides is 1. The molecule has 0 heterocycles. The first kappa shape index (κ1) is 20.4. The van der Waals surface area contributed by atoms with Gasteiger partial charge in [0.1, 0.15) is 0 Å². The van der Waals surface area contributed by atoms with Crippen LogP contribution in [0.3, 0.4) is 0 Å². The fraction of sp³-hybridized carbons (Fsp3) is 0.333. The lowest BCUT2D eigenvalue weighted by molar-refractivity contribution is -0.139. The van der Waals surface area contributed by atoms with Crippen LogP contribution < -0.4 is 4.72 Å². The van der Waals surface area contributed by atoms with Gasteiger partial charge < -0.3 is 4.90 Å². The summed E-state index contributed by atoms with van der Waals surface area (Å²) in [7, 11) is -0.755. The molecule has 0 aliphatic carbocycles. The molecule has 1 atom stereocenters. The number of hydrogen-bond acceptors (Lipinski definition) is 3. The molecule has 0 amide bonds. The van der Waals surface area contributed by atoms with Crippen LogP contribution in [0, 0.1) is 6.92 Å². The third-order valence-corrected chi connectivity index (χ3v) is 5.52. The zero-order valence-electron chi connectivity index (χ0n) is 14.7. The number of benzene rings is 2. The predicted octanol–water partition coefficient (Wildman–Crippen LogP) is 3.60. The fourth-order valence-electron chi connectivity index (χ4n) is 2.59. The molecule has 0 aliphatic heterocycles. The van der Waals surface area contributed by atoms with Crippen LogP contribution >= 0.6 is 0 Å². The smallest absolute Gasteiger partial charge is 0.301 e. The lowest BCUT2D eigenvalue weighted by Gasteiger charge is -2.25. The molecule has 2 rings (SSSR count). The molecule has 0 radical (unpaired) electrons. The predicted molar refractivity (Wildman–Crippen MR) is 94.2 cm³/mol. The SMILES string of the molecule is Cc1ccc(C(CNS(=O)(=O)c2ccccc2C(F)(F)F)N(C)C)cc1. The molecule has 26 heavy (non-hydrogen) atoms. The summed E-state index contributed by atoms with van der Waals surface area (Å²) in [5, 5.41) is 0. The topological polar surface area (TPSA) is 49.4 Å². The van der Waals surface area contributed by atoms with Gasteiger partial charge in [0.15, 0.2) is 0 Å². The van der Waals surface area contributed by atoms with E-state index >= 15 is 0 Å². The van der Waals surface area contributed by atoms with Crippen molar-refractivity contribution in [3.8, 4) is 0 Å². The number of rotatable bonds is 6. The Morgan fingerprint density at radius 3 is 2.15 bits per heavy atom. The molecule has 1 unspecified atom stereocenters. The van der Waals surface area contributed by atoms with Crippen molar-refractivity contribution in [1.29, 1.82) is 0 Å². The molecule has 0 spiro atoms. The third-order valence-electron chi connectivity index (χ3n) is 4.03. The van der Waals surface area contributed by atoms with Crippen molar-refractivity contribution in [2.45, 2.75) is 24.0 Å². The van der Waals surface area contributed by atoms with Gasteiger partial charge in [-0.25, -0.2) is 13.1 Å². The van der Waals surface area contributed by atoms with Crippen LogP contribution in [0.25, 0.3) is 0 Å². The van der Waals surface area contributed by atoms with Crippen molar-refractivity contribution in [3.63, 3.8) is 0 Å². The highest BCUT2D eigenvalue weighted by molar-refractivity contribution is 7.89. The Balaban J connectivity index is 2.28. The summed E-state index contributed by atoms with van der Waals surface area (Å²) in [4.78, 5) is 1.04. The van der Waals surface area contributed by atoms with Gasteiger partial charge in [0, 0.05) is 12.6 Å². The van der Waals surface area contributed by atoms with Crippen molar-refractivity contribution >= 4 is 10.0 Å². The zero-order chi connectivity index (χ0) is 19.5. The van der Waals surface area contributed by atoms with Gasteiger partial charge >= 0.3 is 6.18 Å². The number of nitrogens with one attached hydrogen (secondary N) is 1. The Bertz CT molecular complexity index is 847. The maximum absolute atomic E-state index is 13.1. The molecular weight excluding hydrogens is 365 g/mol. The third kappa shape index (κ3) is 4.84. The minimum absolute atomic E-state index is 0.0510. The zero-order valence-corrected chi connectivity index (χ0v) is 15.5. The van der Waals surface area contributed by atoms with Gasteiger partial charge in [-0.15, -0.1) is 0 Å². The molecule has 0 saturated carbocycles. The molecule has 142 valence electrons. The molecule has 2 aromatic carbocycles. The van der Waals surface area contributed by atoms with Gasteiger partial charge in [-0.1, -0.05) is 42.0 Å². The Kier molecular flexibility index (Phi) is 6.10. The second kappa shape index (κ2) is 7.77. The van der Waals surface area contributed by atoms with E-state index in [1.807, 2.05) is 36.1 Å². The van der Waals surface area contributed by atoms with Crippen LogP contribution in [0.5, 0.6) is 0 Å². The van der Waals surface area contributed by atoms with Gasteiger partial charge in [-0.3, -0.25) is 0 Å². The Morgan fingerprint density at radius 2 is 1.62 bits per heavy atom. The average molecular weight is 386 g/mol. The first-order chi connectivity index (χ1) is 12.0. The van der Waals surface area contributed by atoms with Gasteiger partial charge in [0.05, 0.1) is 10.5 Å². The van der Waals surface area contributed by atoms with Gasteiger partial charge in [-0.2, -0.15) is 13.2 Å². The van der Waals surface area contributed by atoms with E-state index in [2.05, 4.69) is 4.72 Å². The Labute approximate surface area is 151 Å². The van der Waals surface area contributed by atoms with Gasteiger partial charge in [0.25, 0.3) is 0 Å². The molecule has 8 heteroatoms. The van der Waals surface area contributed by atoms with Crippen molar-refractivity contribution in [1.82, 2.24) is 9.62 Å². The molecular formula is C18H21F3N2O2S. The normalized spacial score (nSPS) is 13.8. The van der Waals surface area contributed by atoms with E-state index in [4.69, 9.17) is 0 Å². The van der Waals surface area contributed by atoms with E-state index in [-0.39, 0.29) is 12.6 Å². The summed E-state index contributed by atoms with van der Waals surface area (Å²) in [5.41, 5.74) is 0.752. The number of likely N-dealkylation sites (N-methyl/N-ethyl adjacent to an activating group) is 1. The summed E-state index contributed by atoms with van der Waals surface area (Å²) in [6, 6.07) is 11.4. The average Bonchev–Trinajstić information content (AvgIpc) is 2.55. The number of alkyl halides is 3. The summed E-state index contributed by atoms with van der Waals surface area (Å²) in [6.45, 7) is 1.88. The quantitative estimate of drug-likeness (QED) is 0.825. The van der Waals surface area contributed by atoms with Crippen LogP contribution in [0.1, 0.15) is 22.7 Å². The molecule has 1 N–H and O–H groups in total. The number of halogens is 3. The number of hydrogen-bond donors (Lipinski definition) is 1. The Hall–Kier alpha value is -1.90. The van der Waals surface area contributed by atoms with E-state index < -0.39 is 26.7 Å². The van der Waals surface area contributed by atoms with E-state index in [0.29, 0.717) is 0 Å². The molecule has 0 bridgehead atoms. The van der Waals surface area contributed by atoms with Crippen molar-refractivity contribution < 1.29 is 21.6 Å². The van der Waals surface area contributed by atoms with Gasteiger partial charge in [0.2, 0.25) is 10.0 Å². The molecule has 4 nitrogen and oxygen atoms in total. The van der Waals surface area contributed by atoms with E-state index in [1.165, 1.54) is 6.07 Å². The van der Waals surface area contributed by atoms with Crippen LogP contribution in [0.15, 0.2) is 53.4 Å². The number of nitrogens with zero attached hydrogens (tertiary/aromatic N) is 1. The van der Waals surface area contributed by atoms with E-state index in [9.17, 15) is 21.6 Å². The molecule has 0 aromatic heterocycles. The highest BCUT2D eigenvalue weighted by Crippen LogP contribution is 2.34. The molecule has 0 aliphatic rings. The highest BCUT2D eigenvalue weighted by atomic mass is 32.2. The summed E-state index contributed by atoms with van der Waals surface area (Å²) >= 11 is 0. The number of aryl methyl sites for hydroxylation is 1. The van der Waals surface area contributed by atoms with Crippen LogP contribution in [0.4, 0.5) is 13.2 Å². The first-order valence-corrected chi connectivity index (χ1v) is 9.39. The standard InChI is InChI=1S/C18H21F3N2O2S/c1-13-8-10-14(11-9-13)16(23(2)3)12-22-26(24,25)17-7-5-4-6-15(17)18(19,20)21/h4-11,16,22H,12H2,1-3H3. The Morgan fingerprint density at radius 1 is 1.04 bits per heavy atom. The van der Waals surface area contributed by atoms with Crippen molar-refractivity contribution in [2.75, 3.05) is 20.6 Å². The minimum atomic E-state index is -4.75. The van der Waals surface area contributed by atoms with E-state index in [1.54, 1.807) is 14.1 Å². The second-order valence-corrected chi connectivity index (χ2v) is 7.97. The van der Waals surface area contributed by atoms with Crippen molar-refractivity contribution in [3.05, 3.63) is 65.2 Å². The molecule has 0 fully saturated rings. The van der Waals surface area contributed by atoms with Crippen LogP contribution in [-0.4, -0.2) is 34.0 Å². The first-order valence-electron chi connectivity index (χ1n) is 7.91. The van der Waals surface area contributed by atoms with E-state index in [0.717, 1.165) is 29.3 Å².